The van der Waals surface area contributed by atoms with E-state index in [0.717, 1.165) is 29.0 Å². The number of thiocarbonyl (C=S) groups is 1. The Hall–Kier alpha value is -4.44. The molecular weight excluding hydrogens is 657 g/mol. The van der Waals surface area contributed by atoms with Crippen LogP contribution in [-0.4, -0.2) is 37.4 Å². The summed E-state index contributed by atoms with van der Waals surface area (Å²) < 4.78 is 49.1. The number of nitrogens with one attached hydrogen (secondary N) is 1. The summed E-state index contributed by atoms with van der Waals surface area (Å²) in [7, 11) is 1.91. The van der Waals surface area contributed by atoms with Gasteiger partial charge in [-0.3, -0.25) is 0 Å². The first-order valence-corrected chi connectivity index (χ1v) is 15.5. The second kappa shape index (κ2) is 18.2. The first-order valence-electron chi connectivity index (χ1n) is 15.1. The lowest BCUT2D eigenvalue weighted by Gasteiger charge is -2.20. The fourth-order valence-corrected chi connectivity index (χ4v) is 4.95. The van der Waals surface area contributed by atoms with Crippen LogP contribution in [0.2, 0.25) is 0 Å². The van der Waals surface area contributed by atoms with Crippen LogP contribution in [0.3, 0.4) is 0 Å². The van der Waals surface area contributed by atoms with Crippen molar-refractivity contribution in [2.75, 3.05) is 25.1 Å². The Bertz CT molecular complexity index is 1790. The molecule has 0 radical (unpaired) electrons. The van der Waals surface area contributed by atoms with Gasteiger partial charge >= 0.3 is 12.1 Å². The molecule has 0 aliphatic rings. The number of carbonyl (C=O) groups excluding carboxylic acids is 1. The lowest BCUT2D eigenvalue weighted by Crippen LogP contribution is -2.31. The predicted molar refractivity (Wildman–Crippen MR) is 193 cm³/mol. The summed E-state index contributed by atoms with van der Waals surface area (Å²) in [6.07, 6.45) is -3.88. The van der Waals surface area contributed by atoms with Gasteiger partial charge < -0.3 is 19.7 Å². The van der Waals surface area contributed by atoms with Crippen molar-refractivity contribution in [3.05, 3.63) is 144 Å². The Morgan fingerprint density at radius 1 is 0.854 bits per heavy atom. The van der Waals surface area contributed by atoms with E-state index in [1.165, 1.54) is 17.0 Å². The zero-order valence-corrected chi connectivity index (χ0v) is 28.5. The van der Waals surface area contributed by atoms with Gasteiger partial charge in [0, 0.05) is 25.3 Å². The normalized spacial score (nSPS) is 11.4. The number of aryl methyl sites for hydroxylation is 1. The summed E-state index contributed by atoms with van der Waals surface area (Å²) in [5.41, 5.74) is 2.66. The van der Waals surface area contributed by atoms with Crippen molar-refractivity contribution in [1.29, 1.82) is 0 Å². The van der Waals surface area contributed by atoms with E-state index < -0.39 is 17.7 Å². The third kappa shape index (κ3) is 11.7. The lowest BCUT2D eigenvalue weighted by molar-refractivity contribution is -0.137. The molecule has 1 N–H and O–H groups in total. The van der Waals surface area contributed by atoms with Crippen molar-refractivity contribution in [3.8, 4) is 5.75 Å². The molecule has 0 heterocycles. The first-order chi connectivity index (χ1) is 22.5. The summed E-state index contributed by atoms with van der Waals surface area (Å²) in [4.78, 5) is 13.6. The Kier molecular flexibility index (Phi) is 14.4. The number of nitrogens with zero attached hydrogens (tertiary/aromatic N) is 1. The number of anilines is 1. The van der Waals surface area contributed by atoms with Gasteiger partial charge in [-0.15, -0.1) is 12.4 Å². The average molecular weight is 695 g/mol. The number of fused-ring (bicyclic) bond motifs is 1. The quantitative estimate of drug-likeness (QED) is 0.0943. The van der Waals surface area contributed by atoms with Crippen LogP contribution in [0.15, 0.2) is 121 Å². The van der Waals surface area contributed by atoms with Gasteiger partial charge in [-0.1, -0.05) is 78.9 Å². The third-order valence-electron chi connectivity index (χ3n) is 7.22. The van der Waals surface area contributed by atoms with Gasteiger partial charge in [0.15, 0.2) is 0 Å². The van der Waals surface area contributed by atoms with Gasteiger partial charge in [-0.2, -0.15) is 13.2 Å². The molecule has 0 spiro atoms. The molecule has 0 aromatic heterocycles. The number of hydrogen-bond acceptors (Lipinski definition) is 5. The highest BCUT2D eigenvalue weighted by molar-refractivity contribution is 7.80. The number of benzene rings is 5. The van der Waals surface area contributed by atoms with Gasteiger partial charge in [0.1, 0.15) is 12.4 Å². The number of rotatable bonds is 9. The molecular formula is C38H38ClF3N2O3S. The first kappa shape index (κ1) is 38.0. The van der Waals surface area contributed by atoms with Crippen LogP contribution in [0.5, 0.6) is 5.75 Å². The topological polar surface area (TPSA) is 50.8 Å². The van der Waals surface area contributed by atoms with Gasteiger partial charge in [0.2, 0.25) is 0 Å². The molecule has 0 saturated heterocycles. The van der Waals surface area contributed by atoms with E-state index in [1.807, 2.05) is 67.4 Å². The smallest absolute Gasteiger partial charge is 0.416 e. The Labute approximate surface area is 291 Å². The molecule has 1 unspecified atom stereocenters. The fraction of sp³-hybridized carbons (Fsp3) is 0.211. The minimum Gasteiger partial charge on any atom is -0.461 e. The molecule has 0 saturated carbocycles. The molecule has 10 heteroatoms. The number of esters is 1. The van der Waals surface area contributed by atoms with Gasteiger partial charge in [-0.25, -0.2) is 4.79 Å². The average Bonchev–Trinajstić information content (AvgIpc) is 3.06. The van der Waals surface area contributed by atoms with E-state index in [-0.39, 0.29) is 25.1 Å². The van der Waals surface area contributed by atoms with E-state index in [4.69, 9.17) is 21.7 Å². The van der Waals surface area contributed by atoms with Gasteiger partial charge in [-0.05, 0) is 96.9 Å². The third-order valence-corrected chi connectivity index (χ3v) is 7.58. The van der Waals surface area contributed by atoms with Crippen molar-refractivity contribution in [3.63, 3.8) is 0 Å². The monoisotopic (exact) mass is 694 g/mol. The zero-order valence-electron chi connectivity index (χ0n) is 26.9. The maximum atomic E-state index is 12.7. The maximum Gasteiger partial charge on any atom is 0.416 e. The molecule has 5 aromatic carbocycles. The van der Waals surface area contributed by atoms with Crippen molar-refractivity contribution >= 4 is 52.2 Å². The highest BCUT2D eigenvalue weighted by atomic mass is 35.5. The summed E-state index contributed by atoms with van der Waals surface area (Å²) in [5.74, 6) is 0.358. The lowest BCUT2D eigenvalue weighted by atomic mass is 10.0. The molecule has 5 nitrogen and oxygen atoms in total. The summed E-state index contributed by atoms with van der Waals surface area (Å²) in [5, 5.41) is 5.90. The molecule has 0 aliphatic heterocycles. The summed E-state index contributed by atoms with van der Waals surface area (Å²) >= 11 is 5.41. The number of ether oxygens (including phenoxy) is 2. The van der Waals surface area contributed by atoms with Crippen LogP contribution in [0.4, 0.5) is 18.9 Å². The maximum absolute atomic E-state index is 12.7. The summed E-state index contributed by atoms with van der Waals surface area (Å²) in [6, 6.07) is 36.3. The summed E-state index contributed by atoms with van der Waals surface area (Å²) in [6.45, 7) is 4.56. The molecule has 252 valence electrons. The molecule has 1 atom stereocenters. The standard InChI is InChI=1S/C19H20F3NO2.C19H17NOS.ClH/c1-14(12-15-6-5-9-17(13-15)19(20,21)22)23-10-11-25-18(24)16-7-3-2-4-8-16;1-14-6-5-9-17(12-14)20(2)19(22)21-18-11-10-15-7-3-4-8-16(15)13-18;/h2-9,13-14,23H,10-12H2,1H3;3-13H,1-2H3;1H. The van der Waals surface area contributed by atoms with Crippen LogP contribution < -0.4 is 15.0 Å². The van der Waals surface area contributed by atoms with Gasteiger partial charge in [0.05, 0.1) is 11.1 Å². The molecule has 0 fully saturated rings. The van der Waals surface area contributed by atoms with E-state index in [0.29, 0.717) is 29.3 Å². The Morgan fingerprint density at radius 3 is 2.25 bits per heavy atom. The van der Waals surface area contributed by atoms with Crippen LogP contribution in [-0.2, 0) is 17.3 Å². The second-order valence-corrected chi connectivity index (χ2v) is 11.4. The highest BCUT2D eigenvalue weighted by Crippen LogP contribution is 2.29. The van der Waals surface area contributed by atoms with E-state index in [2.05, 4.69) is 36.5 Å². The molecule has 0 bridgehead atoms. The Balaban J connectivity index is 0.000000257. The molecule has 48 heavy (non-hydrogen) atoms. The van der Waals surface area contributed by atoms with Crippen LogP contribution >= 0.6 is 24.6 Å². The van der Waals surface area contributed by atoms with E-state index in [9.17, 15) is 18.0 Å². The molecule has 5 aromatic rings. The predicted octanol–water partition coefficient (Wildman–Crippen LogP) is 9.45. The number of hydrogen-bond donors (Lipinski definition) is 1. The molecule has 5 rings (SSSR count). The van der Waals surface area contributed by atoms with E-state index >= 15 is 0 Å². The molecule has 0 amide bonds. The van der Waals surface area contributed by atoms with Crippen molar-refractivity contribution in [2.24, 2.45) is 0 Å². The van der Waals surface area contributed by atoms with E-state index in [1.54, 1.807) is 30.3 Å². The minimum atomic E-state index is -4.34. The van der Waals surface area contributed by atoms with Crippen LogP contribution in [0.25, 0.3) is 10.8 Å². The minimum absolute atomic E-state index is 0. The fourth-order valence-electron chi connectivity index (χ4n) is 4.75. The second-order valence-electron chi connectivity index (χ2n) is 11.0. The van der Waals surface area contributed by atoms with Crippen molar-refractivity contribution in [1.82, 2.24) is 5.32 Å². The van der Waals surface area contributed by atoms with Crippen molar-refractivity contribution < 1.29 is 27.4 Å². The number of halogens is 4. The number of carbonyl (C=O) groups is 1. The van der Waals surface area contributed by atoms with Gasteiger partial charge in [0.25, 0.3) is 5.17 Å². The van der Waals surface area contributed by atoms with Crippen LogP contribution in [0, 0.1) is 6.92 Å². The molecule has 0 aliphatic carbocycles. The zero-order chi connectivity index (χ0) is 33.8. The Morgan fingerprint density at radius 2 is 1.54 bits per heavy atom. The van der Waals surface area contributed by atoms with Crippen molar-refractivity contribution in [2.45, 2.75) is 32.5 Å². The van der Waals surface area contributed by atoms with Crippen LogP contribution in [0.1, 0.15) is 34.0 Å². The SMILES string of the molecule is CC(Cc1cccc(C(F)(F)F)c1)NCCOC(=O)c1ccccc1.Cc1cccc(N(C)C(=S)Oc2ccc3ccccc3c2)c1.Cl. The largest absolute Gasteiger partial charge is 0.461 e. The number of alkyl halides is 3. The highest BCUT2D eigenvalue weighted by Gasteiger charge is 2.30.